The topological polar surface area (TPSA) is 99.4 Å². The highest BCUT2D eigenvalue weighted by Crippen LogP contribution is 2.26. The van der Waals surface area contributed by atoms with Crippen molar-refractivity contribution in [2.24, 2.45) is 5.73 Å². The second-order valence-corrected chi connectivity index (χ2v) is 6.24. The summed E-state index contributed by atoms with van der Waals surface area (Å²) in [5, 5.41) is 0.667. The number of benzene rings is 2. The monoisotopic (exact) mass is 328 g/mol. The standard InChI is InChI=1S/C16H12N2O4S/c17-16(19)12-7-1-2-8-13(12)22-23(20,21)14-9-3-5-11-6-4-10-18-15(11)14/h1-10H,(H2,17,19). The molecule has 1 heterocycles. The van der Waals surface area contributed by atoms with Gasteiger partial charge in [0.05, 0.1) is 11.1 Å². The van der Waals surface area contributed by atoms with Crippen molar-refractivity contribution in [1.29, 1.82) is 0 Å². The molecule has 0 unspecified atom stereocenters. The molecule has 3 rings (SSSR count). The molecule has 0 atom stereocenters. The number of pyridine rings is 1. The fourth-order valence-electron chi connectivity index (χ4n) is 2.18. The number of rotatable bonds is 4. The van der Waals surface area contributed by atoms with Crippen molar-refractivity contribution in [2.75, 3.05) is 0 Å². The highest BCUT2D eigenvalue weighted by molar-refractivity contribution is 7.87. The Morgan fingerprint density at radius 2 is 1.74 bits per heavy atom. The van der Waals surface area contributed by atoms with E-state index in [2.05, 4.69) is 4.98 Å². The molecule has 116 valence electrons. The minimum absolute atomic E-state index is 0.00993. The van der Waals surface area contributed by atoms with Crippen LogP contribution in [0.3, 0.4) is 0 Å². The van der Waals surface area contributed by atoms with Crippen LogP contribution >= 0.6 is 0 Å². The fourth-order valence-corrected chi connectivity index (χ4v) is 3.31. The minimum Gasteiger partial charge on any atom is -0.378 e. The van der Waals surface area contributed by atoms with Gasteiger partial charge in [0.2, 0.25) is 0 Å². The van der Waals surface area contributed by atoms with Crippen molar-refractivity contribution in [3.8, 4) is 5.75 Å². The first kappa shape index (κ1) is 15.0. The predicted octanol–water partition coefficient (Wildman–Crippen LogP) is 2.10. The summed E-state index contributed by atoms with van der Waals surface area (Å²) in [4.78, 5) is 15.4. The molecule has 1 aromatic heterocycles. The molecule has 2 aromatic carbocycles. The quantitative estimate of drug-likeness (QED) is 0.739. The summed E-state index contributed by atoms with van der Waals surface area (Å²) in [5.74, 6) is -0.889. The van der Waals surface area contributed by atoms with Gasteiger partial charge in [-0.3, -0.25) is 9.78 Å². The number of carbonyl (C=O) groups is 1. The van der Waals surface area contributed by atoms with Gasteiger partial charge in [-0.2, -0.15) is 8.42 Å². The third-order valence-electron chi connectivity index (χ3n) is 3.22. The molecule has 0 saturated heterocycles. The molecule has 0 aliphatic heterocycles. The molecule has 0 spiro atoms. The van der Waals surface area contributed by atoms with Crippen LogP contribution in [0.25, 0.3) is 10.9 Å². The summed E-state index contributed by atoms with van der Waals surface area (Å²) < 4.78 is 30.3. The first-order valence-corrected chi connectivity index (χ1v) is 8.07. The summed E-state index contributed by atoms with van der Waals surface area (Å²) in [7, 11) is -4.17. The molecule has 7 heteroatoms. The van der Waals surface area contributed by atoms with Crippen LogP contribution in [0.1, 0.15) is 10.4 Å². The number of fused-ring (bicyclic) bond motifs is 1. The SMILES string of the molecule is NC(=O)c1ccccc1OS(=O)(=O)c1cccc2cccnc12. The van der Waals surface area contributed by atoms with Crippen molar-refractivity contribution in [3.63, 3.8) is 0 Å². The van der Waals surface area contributed by atoms with E-state index >= 15 is 0 Å². The highest BCUT2D eigenvalue weighted by atomic mass is 32.2. The summed E-state index contributed by atoms with van der Waals surface area (Å²) in [6.45, 7) is 0. The van der Waals surface area contributed by atoms with Gasteiger partial charge in [-0.1, -0.05) is 30.3 Å². The van der Waals surface area contributed by atoms with E-state index in [1.54, 1.807) is 36.4 Å². The molecule has 0 aliphatic carbocycles. The molecule has 2 N–H and O–H groups in total. The second-order valence-electron chi connectivity index (χ2n) is 4.73. The van der Waals surface area contributed by atoms with Gasteiger partial charge in [0, 0.05) is 11.6 Å². The third-order valence-corrected chi connectivity index (χ3v) is 4.48. The molecule has 1 amide bonds. The van der Waals surface area contributed by atoms with Gasteiger partial charge >= 0.3 is 10.1 Å². The summed E-state index contributed by atoms with van der Waals surface area (Å²) in [5.41, 5.74) is 5.52. The van der Waals surface area contributed by atoms with Gasteiger partial charge in [-0.25, -0.2) is 0 Å². The van der Waals surface area contributed by atoms with Crippen LogP contribution in [0.2, 0.25) is 0 Å². The molecule has 3 aromatic rings. The van der Waals surface area contributed by atoms with Crippen LogP contribution in [0, 0.1) is 0 Å². The number of nitrogens with two attached hydrogens (primary N) is 1. The van der Waals surface area contributed by atoms with E-state index in [1.807, 2.05) is 0 Å². The van der Waals surface area contributed by atoms with Gasteiger partial charge in [-0.15, -0.1) is 0 Å². The number of amides is 1. The largest absolute Gasteiger partial charge is 0.378 e. The first-order chi connectivity index (χ1) is 11.0. The van der Waals surface area contributed by atoms with Crippen LogP contribution in [0.15, 0.2) is 65.7 Å². The maximum Gasteiger partial charge on any atom is 0.341 e. The zero-order chi connectivity index (χ0) is 16.4. The van der Waals surface area contributed by atoms with Gasteiger partial charge in [0.15, 0.2) is 5.75 Å². The van der Waals surface area contributed by atoms with E-state index in [9.17, 15) is 13.2 Å². The Morgan fingerprint density at radius 3 is 2.52 bits per heavy atom. The number of nitrogens with zero attached hydrogens (tertiary/aromatic N) is 1. The van der Waals surface area contributed by atoms with E-state index < -0.39 is 16.0 Å². The second kappa shape index (κ2) is 5.69. The lowest BCUT2D eigenvalue weighted by molar-refractivity contribution is 0.0999. The zero-order valence-electron chi connectivity index (χ0n) is 11.8. The number of para-hydroxylation sites is 2. The first-order valence-electron chi connectivity index (χ1n) is 6.66. The molecule has 0 saturated carbocycles. The van der Waals surface area contributed by atoms with Crippen LogP contribution in [0.5, 0.6) is 5.75 Å². The molecular weight excluding hydrogens is 316 g/mol. The van der Waals surface area contributed by atoms with Crippen LogP contribution in [-0.4, -0.2) is 19.3 Å². The lowest BCUT2D eigenvalue weighted by Crippen LogP contribution is -2.16. The van der Waals surface area contributed by atoms with E-state index in [0.717, 1.165) is 0 Å². The molecular formula is C16H12N2O4S. The lowest BCUT2D eigenvalue weighted by Gasteiger charge is -2.11. The summed E-state index contributed by atoms with van der Waals surface area (Å²) in [6.07, 6.45) is 1.50. The molecule has 6 nitrogen and oxygen atoms in total. The maximum absolute atomic E-state index is 12.6. The van der Waals surface area contributed by atoms with Crippen molar-refractivity contribution in [1.82, 2.24) is 4.98 Å². The molecule has 23 heavy (non-hydrogen) atoms. The molecule has 0 aliphatic rings. The van der Waals surface area contributed by atoms with Crippen molar-refractivity contribution in [2.45, 2.75) is 4.90 Å². The molecule has 0 fully saturated rings. The van der Waals surface area contributed by atoms with Gasteiger partial charge in [0.1, 0.15) is 4.90 Å². The normalized spacial score (nSPS) is 11.3. The number of hydrogen-bond donors (Lipinski definition) is 1. The Balaban J connectivity index is 2.11. The zero-order valence-corrected chi connectivity index (χ0v) is 12.7. The summed E-state index contributed by atoms with van der Waals surface area (Å²) in [6, 6.07) is 14.1. The van der Waals surface area contributed by atoms with E-state index in [1.165, 1.54) is 24.4 Å². The molecule has 0 bridgehead atoms. The van der Waals surface area contributed by atoms with Crippen molar-refractivity contribution >= 4 is 26.9 Å². The van der Waals surface area contributed by atoms with Gasteiger partial charge < -0.3 is 9.92 Å². The Bertz CT molecular complexity index is 994. The summed E-state index contributed by atoms with van der Waals surface area (Å²) >= 11 is 0. The third kappa shape index (κ3) is 2.86. The number of primary amides is 1. The van der Waals surface area contributed by atoms with Crippen LogP contribution in [-0.2, 0) is 10.1 Å². The molecule has 0 radical (unpaired) electrons. The predicted molar refractivity (Wildman–Crippen MR) is 84.5 cm³/mol. The van der Waals surface area contributed by atoms with E-state index in [0.29, 0.717) is 10.9 Å². The van der Waals surface area contributed by atoms with Gasteiger partial charge in [0.25, 0.3) is 5.91 Å². The number of hydrogen-bond acceptors (Lipinski definition) is 5. The smallest absolute Gasteiger partial charge is 0.341 e. The van der Waals surface area contributed by atoms with Gasteiger partial charge in [-0.05, 0) is 24.3 Å². The highest BCUT2D eigenvalue weighted by Gasteiger charge is 2.22. The van der Waals surface area contributed by atoms with E-state index in [4.69, 9.17) is 9.92 Å². The number of aromatic nitrogens is 1. The maximum atomic E-state index is 12.6. The average Bonchev–Trinajstić information content (AvgIpc) is 2.54. The Morgan fingerprint density at radius 1 is 1.00 bits per heavy atom. The van der Waals surface area contributed by atoms with E-state index in [-0.39, 0.29) is 16.2 Å². The van der Waals surface area contributed by atoms with Crippen LogP contribution in [0.4, 0.5) is 0 Å². The van der Waals surface area contributed by atoms with Crippen molar-refractivity contribution in [3.05, 3.63) is 66.4 Å². The lowest BCUT2D eigenvalue weighted by atomic mass is 10.2. The van der Waals surface area contributed by atoms with Crippen LogP contribution < -0.4 is 9.92 Å². The Labute approximate surface area is 132 Å². The Hall–Kier alpha value is -2.93. The van der Waals surface area contributed by atoms with Crippen molar-refractivity contribution < 1.29 is 17.4 Å². The minimum atomic E-state index is -4.17. The fraction of sp³-hybridized carbons (Fsp3) is 0. The average molecular weight is 328 g/mol. The number of carbonyl (C=O) groups excluding carboxylic acids is 1. The Kier molecular flexibility index (Phi) is 3.71.